The normalized spacial score (nSPS) is 10.5. The summed E-state index contributed by atoms with van der Waals surface area (Å²) in [5, 5.41) is 6.89. The molecule has 0 spiro atoms. The molecule has 0 saturated carbocycles. The van der Waals surface area contributed by atoms with Gasteiger partial charge in [0.15, 0.2) is 0 Å². The highest BCUT2D eigenvalue weighted by molar-refractivity contribution is 6.04. The second-order valence-electron chi connectivity index (χ2n) is 6.05. The van der Waals surface area contributed by atoms with Gasteiger partial charge in [-0.3, -0.25) is 4.79 Å². The Morgan fingerprint density at radius 2 is 1.57 bits per heavy atom. The van der Waals surface area contributed by atoms with Crippen LogP contribution in [0.25, 0.3) is 22.8 Å². The van der Waals surface area contributed by atoms with Crippen LogP contribution in [0.1, 0.15) is 10.4 Å². The molecule has 1 heterocycles. The van der Waals surface area contributed by atoms with E-state index in [-0.39, 0.29) is 5.91 Å². The van der Waals surface area contributed by atoms with Crippen molar-refractivity contribution in [2.75, 3.05) is 12.4 Å². The van der Waals surface area contributed by atoms with Gasteiger partial charge in [0.1, 0.15) is 5.75 Å². The van der Waals surface area contributed by atoms with Crippen LogP contribution in [0.3, 0.4) is 0 Å². The van der Waals surface area contributed by atoms with Crippen molar-refractivity contribution in [3.8, 4) is 28.6 Å². The number of benzene rings is 3. The van der Waals surface area contributed by atoms with Crippen LogP contribution in [-0.4, -0.2) is 23.2 Å². The maximum atomic E-state index is 12.2. The fourth-order valence-electron chi connectivity index (χ4n) is 2.69. The first-order chi connectivity index (χ1) is 13.7. The highest BCUT2D eigenvalue weighted by atomic mass is 16.5. The molecule has 0 aliphatic carbocycles. The van der Waals surface area contributed by atoms with E-state index >= 15 is 0 Å². The van der Waals surface area contributed by atoms with Gasteiger partial charge in [-0.1, -0.05) is 23.4 Å². The molecule has 0 saturated heterocycles. The van der Waals surface area contributed by atoms with E-state index < -0.39 is 0 Å². The van der Waals surface area contributed by atoms with Crippen molar-refractivity contribution < 1.29 is 14.1 Å². The number of hydrogen-bond donors (Lipinski definition) is 1. The van der Waals surface area contributed by atoms with Crippen LogP contribution in [0.15, 0.2) is 83.4 Å². The number of carbonyl (C=O) groups is 1. The number of aromatic nitrogens is 2. The van der Waals surface area contributed by atoms with E-state index in [1.807, 2.05) is 54.6 Å². The molecular formula is C22H17N3O3. The Morgan fingerprint density at radius 1 is 0.893 bits per heavy atom. The number of nitrogens with zero attached hydrogens (tertiary/aromatic N) is 2. The summed E-state index contributed by atoms with van der Waals surface area (Å²) in [7, 11) is 1.62. The molecule has 6 nitrogen and oxygen atoms in total. The lowest BCUT2D eigenvalue weighted by Crippen LogP contribution is -2.11. The van der Waals surface area contributed by atoms with E-state index in [0.29, 0.717) is 23.0 Å². The minimum Gasteiger partial charge on any atom is -0.497 e. The molecule has 4 rings (SSSR count). The van der Waals surface area contributed by atoms with E-state index in [0.717, 1.165) is 16.9 Å². The lowest BCUT2D eigenvalue weighted by Gasteiger charge is -2.05. The summed E-state index contributed by atoms with van der Waals surface area (Å²) in [5.41, 5.74) is 2.90. The van der Waals surface area contributed by atoms with Gasteiger partial charge in [0.2, 0.25) is 5.82 Å². The number of rotatable bonds is 5. The Bertz CT molecular complexity index is 1070. The third kappa shape index (κ3) is 3.76. The Kier molecular flexibility index (Phi) is 4.84. The first-order valence-corrected chi connectivity index (χ1v) is 8.68. The van der Waals surface area contributed by atoms with Crippen molar-refractivity contribution in [1.82, 2.24) is 10.1 Å². The fraction of sp³-hybridized carbons (Fsp3) is 0.0455. The van der Waals surface area contributed by atoms with Gasteiger partial charge in [0.05, 0.1) is 7.11 Å². The van der Waals surface area contributed by atoms with Crippen molar-refractivity contribution in [3.05, 3.63) is 84.4 Å². The standard InChI is InChI=1S/C22H17N3O3/c1-27-19-13-9-15(10-14-19)20-24-22(28-25-20)17-7-11-18(12-8-17)23-21(26)16-5-3-2-4-6-16/h2-14H,1H3,(H,23,26). The number of anilines is 1. The van der Waals surface area contributed by atoms with Crippen LogP contribution < -0.4 is 10.1 Å². The maximum absolute atomic E-state index is 12.2. The summed E-state index contributed by atoms with van der Waals surface area (Å²) in [6.45, 7) is 0. The summed E-state index contributed by atoms with van der Waals surface area (Å²) in [5.74, 6) is 1.51. The van der Waals surface area contributed by atoms with Crippen LogP contribution in [-0.2, 0) is 0 Å². The summed E-state index contributed by atoms with van der Waals surface area (Å²) in [4.78, 5) is 16.7. The van der Waals surface area contributed by atoms with E-state index in [1.54, 1.807) is 31.4 Å². The molecule has 0 radical (unpaired) electrons. The molecule has 0 unspecified atom stereocenters. The maximum Gasteiger partial charge on any atom is 0.258 e. The molecule has 1 amide bonds. The molecule has 0 aliphatic rings. The van der Waals surface area contributed by atoms with Gasteiger partial charge in [0, 0.05) is 22.4 Å². The van der Waals surface area contributed by atoms with Gasteiger partial charge < -0.3 is 14.6 Å². The molecule has 0 atom stereocenters. The minimum absolute atomic E-state index is 0.159. The summed E-state index contributed by atoms with van der Waals surface area (Å²) >= 11 is 0. The van der Waals surface area contributed by atoms with Crippen LogP contribution in [0.2, 0.25) is 0 Å². The largest absolute Gasteiger partial charge is 0.497 e. The lowest BCUT2D eigenvalue weighted by molar-refractivity contribution is 0.102. The molecule has 0 aliphatic heterocycles. The molecular weight excluding hydrogens is 354 g/mol. The van der Waals surface area contributed by atoms with Gasteiger partial charge in [-0.05, 0) is 60.7 Å². The Morgan fingerprint density at radius 3 is 2.25 bits per heavy atom. The summed E-state index contributed by atoms with van der Waals surface area (Å²) in [6.07, 6.45) is 0. The van der Waals surface area contributed by atoms with E-state index in [4.69, 9.17) is 9.26 Å². The molecule has 0 bridgehead atoms. The average Bonchev–Trinajstić information content (AvgIpc) is 3.25. The summed E-state index contributed by atoms with van der Waals surface area (Å²) in [6, 6.07) is 23.7. The van der Waals surface area contributed by atoms with E-state index in [2.05, 4.69) is 15.5 Å². The van der Waals surface area contributed by atoms with Gasteiger partial charge >= 0.3 is 0 Å². The van der Waals surface area contributed by atoms with Crippen molar-refractivity contribution in [3.63, 3.8) is 0 Å². The van der Waals surface area contributed by atoms with E-state index in [1.165, 1.54) is 0 Å². The Balaban J connectivity index is 1.48. The van der Waals surface area contributed by atoms with Crippen molar-refractivity contribution in [2.45, 2.75) is 0 Å². The van der Waals surface area contributed by atoms with Gasteiger partial charge in [-0.25, -0.2) is 0 Å². The predicted octanol–water partition coefficient (Wildman–Crippen LogP) is 4.66. The number of ether oxygens (including phenoxy) is 1. The van der Waals surface area contributed by atoms with Gasteiger partial charge in [-0.15, -0.1) is 0 Å². The molecule has 6 heteroatoms. The fourth-order valence-corrected chi connectivity index (χ4v) is 2.69. The van der Waals surface area contributed by atoms with Gasteiger partial charge in [-0.2, -0.15) is 4.98 Å². The average molecular weight is 371 g/mol. The first-order valence-electron chi connectivity index (χ1n) is 8.68. The van der Waals surface area contributed by atoms with Crippen LogP contribution in [0, 0.1) is 0 Å². The third-order valence-corrected chi connectivity index (χ3v) is 4.20. The Labute approximate surface area is 161 Å². The smallest absolute Gasteiger partial charge is 0.258 e. The quantitative estimate of drug-likeness (QED) is 0.552. The zero-order valence-electron chi connectivity index (χ0n) is 15.1. The monoisotopic (exact) mass is 371 g/mol. The molecule has 0 fully saturated rings. The van der Waals surface area contributed by atoms with Crippen molar-refractivity contribution in [2.24, 2.45) is 0 Å². The lowest BCUT2D eigenvalue weighted by atomic mass is 10.1. The second kappa shape index (κ2) is 7.75. The first kappa shape index (κ1) is 17.5. The van der Waals surface area contributed by atoms with Crippen molar-refractivity contribution in [1.29, 1.82) is 0 Å². The minimum atomic E-state index is -0.159. The van der Waals surface area contributed by atoms with E-state index in [9.17, 15) is 4.79 Å². The van der Waals surface area contributed by atoms with Crippen LogP contribution in [0.5, 0.6) is 5.75 Å². The topological polar surface area (TPSA) is 77.3 Å². The number of hydrogen-bond acceptors (Lipinski definition) is 5. The SMILES string of the molecule is COc1ccc(-c2noc(-c3ccc(NC(=O)c4ccccc4)cc3)n2)cc1. The molecule has 3 aromatic carbocycles. The third-order valence-electron chi connectivity index (χ3n) is 4.20. The molecule has 1 aromatic heterocycles. The van der Waals surface area contributed by atoms with Crippen LogP contribution >= 0.6 is 0 Å². The number of methoxy groups -OCH3 is 1. The number of amides is 1. The van der Waals surface area contributed by atoms with Crippen LogP contribution in [0.4, 0.5) is 5.69 Å². The highest BCUT2D eigenvalue weighted by Crippen LogP contribution is 2.25. The number of nitrogens with one attached hydrogen (secondary N) is 1. The predicted molar refractivity (Wildman–Crippen MR) is 106 cm³/mol. The highest BCUT2D eigenvalue weighted by Gasteiger charge is 2.11. The van der Waals surface area contributed by atoms with Gasteiger partial charge in [0.25, 0.3) is 11.8 Å². The summed E-state index contributed by atoms with van der Waals surface area (Å²) < 4.78 is 10.5. The molecule has 1 N–H and O–H groups in total. The van der Waals surface area contributed by atoms with Crippen molar-refractivity contribution >= 4 is 11.6 Å². The molecule has 28 heavy (non-hydrogen) atoms. The zero-order valence-corrected chi connectivity index (χ0v) is 15.1. The second-order valence-corrected chi connectivity index (χ2v) is 6.05. The molecule has 138 valence electrons. The zero-order chi connectivity index (χ0) is 19.3. The molecule has 4 aromatic rings. The number of carbonyl (C=O) groups excluding carboxylic acids is 1. The Hall–Kier alpha value is -3.93.